The SMILES string of the molecule is FC(F)(F)c1cccc(-c2cnc3nncn3n2)c1. The van der Waals surface area contributed by atoms with Gasteiger partial charge in [-0.05, 0) is 12.1 Å². The molecule has 8 heteroatoms. The van der Waals surface area contributed by atoms with Crippen molar-refractivity contribution in [2.75, 3.05) is 0 Å². The zero-order chi connectivity index (χ0) is 13.5. The van der Waals surface area contributed by atoms with Crippen LogP contribution < -0.4 is 0 Å². The maximum atomic E-state index is 12.6. The molecule has 0 bridgehead atoms. The van der Waals surface area contributed by atoms with Crippen molar-refractivity contribution in [3.8, 4) is 11.3 Å². The molecular formula is C11H6F3N5. The first kappa shape index (κ1) is 11.6. The van der Waals surface area contributed by atoms with Gasteiger partial charge in [0.2, 0.25) is 0 Å². The normalized spacial score (nSPS) is 11.9. The highest BCUT2D eigenvalue weighted by atomic mass is 19.4. The fourth-order valence-corrected chi connectivity index (χ4v) is 1.63. The Kier molecular flexibility index (Phi) is 2.44. The average Bonchev–Trinajstić information content (AvgIpc) is 2.85. The van der Waals surface area contributed by atoms with Crippen molar-refractivity contribution < 1.29 is 13.2 Å². The van der Waals surface area contributed by atoms with E-state index in [9.17, 15) is 13.2 Å². The lowest BCUT2D eigenvalue weighted by Gasteiger charge is -2.08. The molecule has 0 aliphatic carbocycles. The summed E-state index contributed by atoms with van der Waals surface area (Å²) in [5.74, 6) is 0.288. The van der Waals surface area contributed by atoms with Gasteiger partial charge in [0.25, 0.3) is 5.78 Å². The van der Waals surface area contributed by atoms with Crippen LogP contribution >= 0.6 is 0 Å². The third-order valence-corrected chi connectivity index (χ3v) is 2.52. The number of hydrogen-bond acceptors (Lipinski definition) is 4. The van der Waals surface area contributed by atoms with E-state index in [4.69, 9.17) is 0 Å². The van der Waals surface area contributed by atoms with Gasteiger partial charge in [-0.2, -0.15) is 22.8 Å². The highest BCUT2D eigenvalue weighted by Gasteiger charge is 2.30. The molecule has 0 aliphatic rings. The maximum absolute atomic E-state index is 12.6. The Morgan fingerprint density at radius 1 is 1.16 bits per heavy atom. The predicted octanol–water partition coefficient (Wildman–Crippen LogP) is 2.21. The van der Waals surface area contributed by atoms with Crippen molar-refractivity contribution >= 4 is 5.78 Å². The van der Waals surface area contributed by atoms with Crippen LogP contribution in [0.3, 0.4) is 0 Å². The molecule has 0 saturated heterocycles. The number of halogens is 3. The molecule has 2 aromatic heterocycles. The lowest BCUT2D eigenvalue weighted by atomic mass is 10.1. The lowest BCUT2D eigenvalue weighted by molar-refractivity contribution is -0.137. The molecule has 0 atom stereocenters. The first-order valence-corrected chi connectivity index (χ1v) is 5.25. The molecule has 0 unspecified atom stereocenters. The van der Waals surface area contributed by atoms with Crippen LogP contribution in [0.2, 0.25) is 0 Å². The molecule has 0 spiro atoms. The Morgan fingerprint density at radius 3 is 2.79 bits per heavy atom. The summed E-state index contributed by atoms with van der Waals surface area (Å²) in [6.45, 7) is 0. The van der Waals surface area contributed by atoms with Crippen LogP contribution in [0.25, 0.3) is 17.0 Å². The van der Waals surface area contributed by atoms with Crippen molar-refractivity contribution in [1.82, 2.24) is 24.8 Å². The van der Waals surface area contributed by atoms with Crippen LogP contribution in [-0.2, 0) is 6.18 Å². The molecule has 3 rings (SSSR count). The summed E-state index contributed by atoms with van der Waals surface area (Å²) in [4.78, 5) is 3.95. The molecule has 5 nitrogen and oxygen atoms in total. The minimum atomic E-state index is -4.38. The highest BCUT2D eigenvalue weighted by Crippen LogP contribution is 2.31. The van der Waals surface area contributed by atoms with Gasteiger partial charge < -0.3 is 0 Å². The zero-order valence-corrected chi connectivity index (χ0v) is 9.33. The minimum absolute atomic E-state index is 0.288. The maximum Gasteiger partial charge on any atom is 0.416 e. The molecule has 1 aromatic carbocycles. The monoisotopic (exact) mass is 265 g/mol. The molecule has 0 aliphatic heterocycles. The van der Waals surface area contributed by atoms with E-state index in [0.29, 0.717) is 11.3 Å². The summed E-state index contributed by atoms with van der Waals surface area (Å²) in [6.07, 6.45) is -1.69. The van der Waals surface area contributed by atoms with E-state index in [1.807, 2.05) is 0 Å². The van der Waals surface area contributed by atoms with Crippen LogP contribution in [0.15, 0.2) is 36.8 Å². The molecule has 0 N–H and O–H groups in total. The van der Waals surface area contributed by atoms with Gasteiger partial charge in [0.05, 0.1) is 11.8 Å². The molecule has 0 amide bonds. The Balaban J connectivity index is 2.10. The van der Waals surface area contributed by atoms with Gasteiger partial charge in [0.1, 0.15) is 12.0 Å². The third kappa shape index (κ3) is 2.12. The summed E-state index contributed by atoms with van der Waals surface area (Å²) in [6, 6.07) is 4.90. The summed E-state index contributed by atoms with van der Waals surface area (Å²) in [5.41, 5.74) is -0.0769. The first-order chi connectivity index (χ1) is 9.04. The quantitative estimate of drug-likeness (QED) is 0.677. The number of nitrogens with zero attached hydrogens (tertiary/aromatic N) is 5. The minimum Gasteiger partial charge on any atom is -0.216 e. The van der Waals surface area contributed by atoms with E-state index >= 15 is 0 Å². The second-order valence-electron chi connectivity index (χ2n) is 3.80. The molecule has 19 heavy (non-hydrogen) atoms. The van der Waals surface area contributed by atoms with Crippen molar-refractivity contribution in [1.29, 1.82) is 0 Å². The number of rotatable bonds is 1. The van der Waals surface area contributed by atoms with Crippen LogP contribution in [0.5, 0.6) is 0 Å². The molecule has 0 saturated carbocycles. The van der Waals surface area contributed by atoms with Crippen molar-refractivity contribution in [2.24, 2.45) is 0 Å². The van der Waals surface area contributed by atoms with E-state index in [2.05, 4.69) is 20.3 Å². The molecule has 3 aromatic rings. The predicted molar refractivity (Wildman–Crippen MR) is 59.0 cm³/mol. The van der Waals surface area contributed by atoms with Gasteiger partial charge in [-0.3, -0.25) is 0 Å². The highest BCUT2D eigenvalue weighted by molar-refractivity contribution is 5.59. The van der Waals surface area contributed by atoms with E-state index in [1.54, 1.807) is 0 Å². The lowest BCUT2D eigenvalue weighted by Crippen LogP contribution is -2.05. The summed E-state index contributed by atoms with van der Waals surface area (Å²) in [7, 11) is 0. The van der Waals surface area contributed by atoms with Gasteiger partial charge in [-0.1, -0.05) is 12.1 Å². The molecule has 2 heterocycles. The van der Waals surface area contributed by atoms with E-state index in [0.717, 1.165) is 12.1 Å². The molecule has 0 radical (unpaired) electrons. The summed E-state index contributed by atoms with van der Waals surface area (Å²) < 4.78 is 39.2. The van der Waals surface area contributed by atoms with Gasteiger partial charge in [0.15, 0.2) is 0 Å². The van der Waals surface area contributed by atoms with E-state index < -0.39 is 11.7 Å². The second kappa shape index (κ2) is 4.01. The zero-order valence-electron chi connectivity index (χ0n) is 9.33. The smallest absolute Gasteiger partial charge is 0.216 e. The van der Waals surface area contributed by atoms with Crippen LogP contribution in [0.1, 0.15) is 5.56 Å². The van der Waals surface area contributed by atoms with Crippen molar-refractivity contribution in [3.63, 3.8) is 0 Å². The second-order valence-corrected chi connectivity index (χ2v) is 3.80. The Hall–Kier alpha value is -2.51. The third-order valence-electron chi connectivity index (χ3n) is 2.52. The number of benzene rings is 1. The van der Waals surface area contributed by atoms with E-state index in [1.165, 1.54) is 29.2 Å². The van der Waals surface area contributed by atoms with Crippen LogP contribution in [0.4, 0.5) is 13.2 Å². The average molecular weight is 265 g/mol. The van der Waals surface area contributed by atoms with Crippen molar-refractivity contribution in [2.45, 2.75) is 6.18 Å². The van der Waals surface area contributed by atoms with Crippen LogP contribution in [0, 0.1) is 0 Å². The van der Waals surface area contributed by atoms with E-state index in [-0.39, 0.29) is 5.78 Å². The van der Waals surface area contributed by atoms with Crippen molar-refractivity contribution in [3.05, 3.63) is 42.4 Å². The van der Waals surface area contributed by atoms with Gasteiger partial charge in [-0.15, -0.1) is 10.2 Å². The van der Waals surface area contributed by atoms with Gasteiger partial charge in [-0.25, -0.2) is 4.98 Å². The fraction of sp³-hybridized carbons (Fsp3) is 0.0909. The Morgan fingerprint density at radius 2 is 2.00 bits per heavy atom. The van der Waals surface area contributed by atoms with Gasteiger partial charge >= 0.3 is 6.18 Å². The first-order valence-electron chi connectivity index (χ1n) is 5.25. The van der Waals surface area contributed by atoms with Crippen LogP contribution in [-0.4, -0.2) is 24.8 Å². The summed E-state index contributed by atoms with van der Waals surface area (Å²) in [5, 5.41) is 11.4. The van der Waals surface area contributed by atoms with Gasteiger partial charge in [0, 0.05) is 5.56 Å². The Labute approximate surface area is 104 Å². The molecule has 0 fully saturated rings. The Bertz CT molecular complexity index is 734. The number of hydrogen-bond donors (Lipinski definition) is 0. The standard InChI is InChI=1S/C11H6F3N5/c12-11(13,14)8-3-1-2-7(4-8)9-5-15-10-17-16-6-19(10)18-9/h1-6H. The molecular weight excluding hydrogens is 259 g/mol. The number of fused-ring (bicyclic) bond motifs is 1. The topological polar surface area (TPSA) is 56.0 Å². The number of alkyl halides is 3. The fourth-order valence-electron chi connectivity index (χ4n) is 1.63. The summed E-state index contributed by atoms with van der Waals surface area (Å²) >= 11 is 0. The largest absolute Gasteiger partial charge is 0.416 e. The number of aromatic nitrogens is 5. The molecule has 96 valence electrons.